The maximum Gasteiger partial charge on any atom is 0.253 e. The first kappa shape index (κ1) is 24.0. The molecule has 7 nitrogen and oxygen atoms in total. The van der Waals surface area contributed by atoms with Crippen molar-refractivity contribution in [2.24, 2.45) is 0 Å². The second-order valence-corrected chi connectivity index (χ2v) is 9.31. The van der Waals surface area contributed by atoms with Gasteiger partial charge in [0.2, 0.25) is 5.91 Å². The number of carbonyl (C=O) groups excluding carboxylic acids is 2. The smallest absolute Gasteiger partial charge is 0.253 e. The summed E-state index contributed by atoms with van der Waals surface area (Å²) < 4.78 is 12.7. The quantitative estimate of drug-likeness (QED) is 0.509. The number of aryl methyl sites for hydroxylation is 1. The summed E-state index contributed by atoms with van der Waals surface area (Å²) in [6, 6.07) is 14.4. The fourth-order valence-electron chi connectivity index (χ4n) is 4.06. The minimum absolute atomic E-state index is 0.0492. The van der Waals surface area contributed by atoms with E-state index < -0.39 is 12.1 Å². The summed E-state index contributed by atoms with van der Waals surface area (Å²) in [6.45, 7) is 4.02. The molecule has 0 spiro atoms. The van der Waals surface area contributed by atoms with E-state index in [0.29, 0.717) is 17.2 Å². The Balaban J connectivity index is 1.79. The van der Waals surface area contributed by atoms with Gasteiger partial charge in [-0.2, -0.15) is 0 Å². The standard InChI is InChI=1S/C26H28BrN3O4/c1-15-5-9-22-24(11-15)34-14-21(29-25(31)16(2)28-3)26(32)30(22)13-20-19-8-7-18(27)12-17(19)6-10-23(20)33-4/h5-12,16,21,28H,13-14H2,1-4H3,(H,29,31)/t16-,21-/m0/s1. The topological polar surface area (TPSA) is 79.9 Å². The number of carbonyl (C=O) groups is 2. The molecule has 1 aliphatic rings. The number of hydrogen-bond donors (Lipinski definition) is 2. The van der Waals surface area contributed by atoms with Gasteiger partial charge in [0.15, 0.2) is 0 Å². The summed E-state index contributed by atoms with van der Waals surface area (Å²) in [4.78, 5) is 28.0. The van der Waals surface area contributed by atoms with E-state index >= 15 is 0 Å². The van der Waals surface area contributed by atoms with E-state index in [0.717, 1.165) is 26.4 Å². The number of halogens is 1. The average Bonchev–Trinajstić information content (AvgIpc) is 2.95. The van der Waals surface area contributed by atoms with Gasteiger partial charge in [-0.1, -0.05) is 34.1 Å². The molecule has 178 valence electrons. The third kappa shape index (κ3) is 4.74. The highest BCUT2D eigenvalue weighted by atomic mass is 79.9. The van der Waals surface area contributed by atoms with Crippen LogP contribution < -0.4 is 25.0 Å². The lowest BCUT2D eigenvalue weighted by molar-refractivity contribution is -0.129. The van der Waals surface area contributed by atoms with Crippen LogP contribution in [0.5, 0.6) is 11.5 Å². The normalized spacial score (nSPS) is 16.4. The van der Waals surface area contributed by atoms with E-state index in [9.17, 15) is 9.59 Å². The van der Waals surface area contributed by atoms with Crippen LogP contribution in [-0.2, 0) is 16.1 Å². The molecule has 2 atom stereocenters. The van der Waals surface area contributed by atoms with Gasteiger partial charge >= 0.3 is 0 Å². The van der Waals surface area contributed by atoms with E-state index in [1.54, 1.807) is 26.0 Å². The van der Waals surface area contributed by atoms with Crippen molar-refractivity contribution >= 4 is 44.2 Å². The highest BCUT2D eigenvalue weighted by Gasteiger charge is 2.34. The van der Waals surface area contributed by atoms with Crippen LogP contribution in [0.1, 0.15) is 18.1 Å². The number of methoxy groups -OCH3 is 1. The maximum atomic E-state index is 13.8. The summed E-state index contributed by atoms with van der Waals surface area (Å²) in [6.07, 6.45) is 0. The molecule has 3 aromatic rings. The molecular weight excluding hydrogens is 498 g/mol. The SMILES string of the molecule is CN[C@@H](C)C(=O)N[C@H]1COc2cc(C)ccc2N(Cc2c(OC)ccc3cc(Br)ccc23)C1=O. The van der Waals surface area contributed by atoms with Crippen LogP contribution in [-0.4, -0.2) is 44.7 Å². The molecule has 0 fully saturated rings. The van der Waals surface area contributed by atoms with Gasteiger partial charge in [0, 0.05) is 10.0 Å². The predicted octanol–water partition coefficient (Wildman–Crippen LogP) is 3.94. The van der Waals surface area contributed by atoms with Gasteiger partial charge in [-0.25, -0.2) is 0 Å². The van der Waals surface area contributed by atoms with Gasteiger partial charge in [0.05, 0.1) is 25.4 Å². The zero-order chi connectivity index (χ0) is 24.4. The molecule has 1 aliphatic heterocycles. The minimum Gasteiger partial charge on any atom is -0.496 e. The Morgan fingerprint density at radius 2 is 2.03 bits per heavy atom. The summed E-state index contributed by atoms with van der Waals surface area (Å²) >= 11 is 3.53. The number of hydrogen-bond acceptors (Lipinski definition) is 5. The summed E-state index contributed by atoms with van der Waals surface area (Å²) in [5.41, 5.74) is 2.55. The van der Waals surface area contributed by atoms with Crippen LogP contribution in [0.4, 0.5) is 5.69 Å². The van der Waals surface area contributed by atoms with Crippen molar-refractivity contribution in [3.8, 4) is 11.5 Å². The molecule has 0 radical (unpaired) electrons. The van der Waals surface area contributed by atoms with Crippen LogP contribution in [0, 0.1) is 6.92 Å². The molecule has 0 unspecified atom stereocenters. The monoisotopic (exact) mass is 525 g/mol. The average molecular weight is 526 g/mol. The molecule has 1 heterocycles. The van der Waals surface area contributed by atoms with Gasteiger partial charge < -0.3 is 25.0 Å². The van der Waals surface area contributed by atoms with E-state index in [-0.39, 0.29) is 25.0 Å². The maximum absolute atomic E-state index is 13.8. The lowest BCUT2D eigenvalue weighted by atomic mass is 10.0. The Hall–Kier alpha value is -3.10. The first-order valence-corrected chi connectivity index (χ1v) is 11.9. The second kappa shape index (κ2) is 10.0. The van der Waals surface area contributed by atoms with Crippen molar-refractivity contribution in [2.45, 2.75) is 32.5 Å². The number of amides is 2. The van der Waals surface area contributed by atoms with Gasteiger partial charge in [0.1, 0.15) is 24.1 Å². The molecule has 2 N–H and O–H groups in total. The van der Waals surface area contributed by atoms with Crippen molar-refractivity contribution in [1.82, 2.24) is 10.6 Å². The first-order chi connectivity index (χ1) is 16.3. The van der Waals surface area contributed by atoms with Crippen LogP contribution in [0.15, 0.2) is 53.0 Å². The molecule has 0 aromatic heterocycles. The number of likely N-dealkylation sites (N-methyl/N-ethyl adjacent to an activating group) is 1. The fourth-order valence-corrected chi connectivity index (χ4v) is 4.44. The van der Waals surface area contributed by atoms with Gasteiger partial charge in [-0.15, -0.1) is 0 Å². The van der Waals surface area contributed by atoms with Crippen molar-refractivity contribution in [1.29, 1.82) is 0 Å². The van der Waals surface area contributed by atoms with E-state index in [2.05, 4.69) is 26.6 Å². The first-order valence-electron chi connectivity index (χ1n) is 11.1. The number of rotatable bonds is 6. The molecule has 8 heteroatoms. The zero-order valence-electron chi connectivity index (χ0n) is 19.6. The van der Waals surface area contributed by atoms with Gasteiger partial charge in [-0.3, -0.25) is 9.59 Å². The lowest BCUT2D eigenvalue weighted by Gasteiger charge is -2.27. The Morgan fingerprint density at radius 1 is 1.24 bits per heavy atom. The third-order valence-corrected chi connectivity index (χ3v) is 6.60. The Kier molecular flexibility index (Phi) is 7.09. The summed E-state index contributed by atoms with van der Waals surface area (Å²) in [7, 11) is 3.32. The van der Waals surface area contributed by atoms with Crippen LogP contribution in [0.2, 0.25) is 0 Å². The number of nitrogens with zero attached hydrogens (tertiary/aromatic N) is 1. The number of ether oxygens (including phenoxy) is 2. The second-order valence-electron chi connectivity index (χ2n) is 8.39. The van der Waals surface area contributed by atoms with Gasteiger partial charge in [-0.05, 0) is 67.6 Å². The predicted molar refractivity (Wildman–Crippen MR) is 137 cm³/mol. The van der Waals surface area contributed by atoms with Crippen LogP contribution in [0.25, 0.3) is 10.8 Å². The molecule has 4 rings (SSSR count). The van der Waals surface area contributed by atoms with E-state index in [1.165, 1.54) is 0 Å². The summed E-state index contributed by atoms with van der Waals surface area (Å²) in [5, 5.41) is 7.76. The van der Waals surface area contributed by atoms with E-state index in [1.807, 2.05) is 55.5 Å². The Labute approximate surface area is 207 Å². The van der Waals surface area contributed by atoms with Crippen LogP contribution >= 0.6 is 15.9 Å². The lowest BCUT2D eigenvalue weighted by Crippen LogP contribution is -2.53. The third-order valence-electron chi connectivity index (χ3n) is 6.11. The fraction of sp³-hybridized carbons (Fsp3) is 0.308. The number of nitrogens with one attached hydrogen (secondary N) is 2. The molecule has 3 aromatic carbocycles. The van der Waals surface area contributed by atoms with Crippen molar-refractivity contribution in [3.05, 3.63) is 64.1 Å². The van der Waals surface area contributed by atoms with Crippen molar-refractivity contribution in [2.75, 3.05) is 25.7 Å². The van der Waals surface area contributed by atoms with Crippen molar-refractivity contribution < 1.29 is 19.1 Å². The zero-order valence-corrected chi connectivity index (χ0v) is 21.2. The Bertz CT molecular complexity index is 1250. The van der Waals surface area contributed by atoms with E-state index in [4.69, 9.17) is 9.47 Å². The highest BCUT2D eigenvalue weighted by Crippen LogP contribution is 2.37. The molecule has 0 saturated carbocycles. The highest BCUT2D eigenvalue weighted by molar-refractivity contribution is 9.10. The summed E-state index contributed by atoms with van der Waals surface area (Å²) in [5.74, 6) is 0.786. The largest absolute Gasteiger partial charge is 0.496 e. The molecule has 2 amide bonds. The number of anilines is 1. The Morgan fingerprint density at radius 3 is 2.76 bits per heavy atom. The number of fused-ring (bicyclic) bond motifs is 2. The molecule has 34 heavy (non-hydrogen) atoms. The molecule has 0 bridgehead atoms. The van der Waals surface area contributed by atoms with Crippen molar-refractivity contribution in [3.63, 3.8) is 0 Å². The molecular formula is C26H28BrN3O4. The molecule has 0 saturated heterocycles. The minimum atomic E-state index is -0.828. The number of benzene rings is 3. The molecule has 0 aliphatic carbocycles. The van der Waals surface area contributed by atoms with Gasteiger partial charge in [0.25, 0.3) is 5.91 Å². The van der Waals surface area contributed by atoms with Crippen LogP contribution in [0.3, 0.4) is 0 Å².